The predicted molar refractivity (Wildman–Crippen MR) is 86.0 cm³/mol. The zero-order valence-electron chi connectivity index (χ0n) is 12.5. The van der Waals surface area contributed by atoms with Crippen LogP contribution in [0.3, 0.4) is 0 Å². The molecule has 0 spiro atoms. The van der Waals surface area contributed by atoms with E-state index in [4.69, 9.17) is 15.3 Å². The lowest BCUT2D eigenvalue weighted by Gasteiger charge is -2.16. The van der Waals surface area contributed by atoms with E-state index in [1.165, 1.54) is 24.3 Å². The SMILES string of the molecule is CS(=O)(=O)OC1CC(C(=O)NC(=N)N)=Cc2ccccc2S1(=O)=O. The first kappa shape index (κ1) is 18.1. The van der Waals surface area contributed by atoms with Crippen molar-refractivity contribution in [1.82, 2.24) is 5.32 Å². The van der Waals surface area contributed by atoms with Crippen molar-refractivity contribution in [3.8, 4) is 0 Å². The maximum absolute atomic E-state index is 12.7. The Labute approximate surface area is 139 Å². The Morgan fingerprint density at radius 3 is 2.58 bits per heavy atom. The number of sulfone groups is 1. The third-order valence-electron chi connectivity index (χ3n) is 3.11. The van der Waals surface area contributed by atoms with E-state index >= 15 is 0 Å². The van der Waals surface area contributed by atoms with Crippen LogP contribution in [0.25, 0.3) is 6.08 Å². The van der Waals surface area contributed by atoms with E-state index in [0.717, 1.165) is 6.26 Å². The summed E-state index contributed by atoms with van der Waals surface area (Å²) in [4.78, 5) is 11.9. The van der Waals surface area contributed by atoms with Crippen LogP contribution in [0.1, 0.15) is 12.0 Å². The van der Waals surface area contributed by atoms with E-state index in [1.54, 1.807) is 6.07 Å². The van der Waals surface area contributed by atoms with Crippen LogP contribution in [0.5, 0.6) is 0 Å². The van der Waals surface area contributed by atoms with E-state index in [2.05, 4.69) is 0 Å². The third-order valence-corrected chi connectivity index (χ3v) is 5.75. The highest BCUT2D eigenvalue weighted by molar-refractivity contribution is 7.93. The molecule has 1 aromatic rings. The molecular weight excluding hydrogens is 358 g/mol. The molecule has 2 rings (SSSR count). The van der Waals surface area contributed by atoms with Crippen LogP contribution in [0, 0.1) is 5.41 Å². The maximum atomic E-state index is 12.7. The summed E-state index contributed by atoms with van der Waals surface area (Å²) >= 11 is 0. The molecule has 1 heterocycles. The van der Waals surface area contributed by atoms with Crippen molar-refractivity contribution in [2.45, 2.75) is 16.8 Å². The summed E-state index contributed by atoms with van der Waals surface area (Å²) < 4.78 is 52.8. The van der Waals surface area contributed by atoms with Crippen molar-refractivity contribution in [3.05, 3.63) is 35.4 Å². The highest BCUT2D eigenvalue weighted by atomic mass is 32.2. The minimum Gasteiger partial charge on any atom is -0.370 e. The van der Waals surface area contributed by atoms with Crippen molar-refractivity contribution in [2.24, 2.45) is 5.73 Å². The van der Waals surface area contributed by atoms with Gasteiger partial charge in [-0.2, -0.15) is 8.42 Å². The molecule has 24 heavy (non-hydrogen) atoms. The zero-order chi connectivity index (χ0) is 18.1. The standard InChI is InChI=1S/C13H15N3O6S2/c1-23(18,19)22-11-7-9(12(17)16-13(14)15)6-8-4-2-3-5-10(8)24(11,20)21/h2-6,11H,7H2,1H3,(H4,14,15,16,17). The molecule has 130 valence electrons. The average molecular weight is 373 g/mol. The molecule has 1 atom stereocenters. The maximum Gasteiger partial charge on any atom is 0.265 e. The van der Waals surface area contributed by atoms with Gasteiger partial charge >= 0.3 is 0 Å². The van der Waals surface area contributed by atoms with E-state index < -0.39 is 43.7 Å². The Hall–Kier alpha value is -2.24. The number of carbonyl (C=O) groups excluding carboxylic acids is 1. The first-order valence-corrected chi connectivity index (χ1v) is 9.94. The second-order valence-corrected chi connectivity index (χ2v) is 8.71. The van der Waals surface area contributed by atoms with E-state index in [1.807, 2.05) is 5.32 Å². The Morgan fingerprint density at radius 2 is 2.00 bits per heavy atom. The molecule has 0 fully saturated rings. The molecule has 0 bridgehead atoms. The number of rotatable bonds is 3. The highest BCUT2D eigenvalue weighted by Gasteiger charge is 2.37. The summed E-state index contributed by atoms with van der Waals surface area (Å²) in [6.45, 7) is 0. The van der Waals surface area contributed by atoms with Crippen molar-refractivity contribution in [1.29, 1.82) is 5.41 Å². The number of nitrogens with two attached hydrogens (primary N) is 1. The largest absolute Gasteiger partial charge is 0.370 e. The number of nitrogens with one attached hydrogen (secondary N) is 2. The number of benzene rings is 1. The summed E-state index contributed by atoms with van der Waals surface area (Å²) in [7, 11) is -8.26. The molecular formula is C13H15N3O6S2. The molecule has 1 unspecified atom stereocenters. The fraction of sp³-hybridized carbons (Fsp3) is 0.231. The van der Waals surface area contributed by atoms with Gasteiger partial charge in [-0.25, -0.2) is 12.6 Å². The molecule has 1 aliphatic heterocycles. The van der Waals surface area contributed by atoms with Crippen molar-refractivity contribution < 1.29 is 25.8 Å². The third kappa shape index (κ3) is 3.99. The molecule has 0 radical (unpaired) electrons. The first-order chi connectivity index (χ1) is 11.0. The van der Waals surface area contributed by atoms with Crippen LogP contribution < -0.4 is 11.1 Å². The Balaban J connectivity index is 2.60. The summed E-state index contributed by atoms with van der Waals surface area (Å²) in [5.74, 6) is -1.43. The van der Waals surface area contributed by atoms with Crippen LogP contribution in [0.2, 0.25) is 0 Å². The van der Waals surface area contributed by atoms with Gasteiger partial charge in [-0.15, -0.1) is 0 Å². The monoisotopic (exact) mass is 373 g/mol. The van der Waals surface area contributed by atoms with Gasteiger partial charge < -0.3 is 5.73 Å². The van der Waals surface area contributed by atoms with Gasteiger partial charge in [0, 0.05) is 12.0 Å². The molecule has 1 aromatic carbocycles. The summed E-state index contributed by atoms with van der Waals surface area (Å²) in [5.41, 5.74) is 3.45. The Kier molecular flexibility index (Phi) is 4.78. The van der Waals surface area contributed by atoms with Gasteiger partial charge in [0.1, 0.15) is 0 Å². The molecule has 1 aliphatic rings. The van der Waals surface area contributed by atoms with Crippen LogP contribution >= 0.6 is 0 Å². The van der Waals surface area contributed by atoms with Crippen LogP contribution in [0.4, 0.5) is 0 Å². The van der Waals surface area contributed by atoms with Gasteiger partial charge in [0.15, 0.2) is 11.4 Å². The number of hydrogen-bond donors (Lipinski definition) is 3. The summed E-state index contributed by atoms with van der Waals surface area (Å²) in [6.07, 6.45) is 1.51. The van der Waals surface area contributed by atoms with Gasteiger partial charge in [0.05, 0.1) is 11.2 Å². The lowest BCUT2D eigenvalue weighted by molar-refractivity contribution is -0.116. The fourth-order valence-corrected chi connectivity index (χ4v) is 4.88. The zero-order valence-corrected chi connectivity index (χ0v) is 14.1. The summed E-state index contributed by atoms with van der Waals surface area (Å²) in [6, 6.07) is 5.81. The molecule has 9 nitrogen and oxygen atoms in total. The molecule has 0 aromatic heterocycles. The number of carbonyl (C=O) groups is 1. The number of amides is 1. The van der Waals surface area contributed by atoms with E-state index in [0.29, 0.717) is 0 Å². The molecule has 0 saturated carbocycles. The minimum atomic E-state index is -4.17. The molecule has 0 aliphatic carbocycles. The fourth-order valence-electron chi connectivity index (χ4n) is 2.18. The molecule has 11 heteroatoms. The minimum absolute atomic E-state index is 0.0765. The lowest BCUT2D eigenvalue weighted by Crippen LogP contribution is -2.37. The quantitative estimate of drug-likeness (QED) is 0.368. The van der Waals surface area contributed by atoms with Crippen LogP contribution in [-0.2, 0) is 28.9 Å². The molecule has 4 N–H and O–H groups in total. The van der Waals surface area contributed by atoms with Crippen LogP contribution in [-0.4, -0.2) is 40.4 Å². The highest BCUT2D eigenvalue weighted by Crippen LogP contribution is 2.31. The van der Waals surface area contributed by atoms with E-state index in [9.17, 15) is 21.6 Å². The van der Waals surface area contributed by atoms with Gasteiger partial charge in [0.25, 0.3) is 16.0 Å². The predicted octanol–water partition coefficient (Wildman–Crippen LogP) is -0.441. The van der Waals surface area contributed by atoms with Gasteiger partial charge in [-0.3, -0.25) is 15.5 Å². The molecule has 1 amide bonds. The van der Waals surface area contributed by atoms with Crippen molar-refractivity contribution >= 4 is 37.9 Å². The van der Waals surface area contributed by atoms with Crippen LogP contribution in [0.15, 0.2) is 34.7 Å². The Bertz CT molecular complexity index is 934. The first-order valence-electron chi connectivity index (χ1n) is 6.58. The van der Waals surface area contributed by atoms with Gasteiger partial charge in [-0.1, -0.05) is 18.2 Å². The van der Waals surface area contributed by atoms with Crippen molar-refractivity contribution in [3.63, 3.8) is 0 Å². The van der Waals surface area contributed by atoms with Gasteiger partial charge in [-0.05, 0) is 17.7 Å². The van der Waals surface area contributed by atoms with Crippen molar-refractivity contribution in [2.75, 3.05) is 6.26 Å². The normalized spacial score (nSPS) is 19.5. The molecule has 0 saturated heterocycles. The second-order valence-electron chi connectivity index (χ2n) is 5.05. The number of fused-ring (bicyclic) bond motifs is 1. The van der Waals surface area contributed by atoms with Gasteiger partial charge in [0.2, 0.25) is 9.84 Å². The second kappa shape index (κ2) is 6.34. The topological polar surface area (TPSA) is 156 Å². The average Bonchev–Trinajstić information content (AvgIpc) is 2.53. The number of guanidine groups is 1. The smallest absolute Gasteiger partial charge is 0.265 e. The van der Waals surface area contributed by atoms with E-state index in [-0.39, 0.29) is 16.0 Å². The lowest BCUT2D eigenvalue weighted by atomic mass is 10.1. The number of hydrogen-bond acceptors (Lipinski definition) is 7. The summed E-state index contributed by atoms with van der Waals surface area (Å²) in [5, 5.41) is 9.12. The Morgan fingerprint density at radius 1 is 1.38 bits per heavy atom.